The maximum atomic E-state index is 11.2. The number of carboxylic acids is 1. The smallest absolute Gasteiger partial charge is 0.335 e. The highest BCUT2D eigenvalue weighted by molar-refractivity contribution is 5.88. The van der Waals surface area contributed by atoms with Gasteiger partial charge in [-0.3, -0.25) is 0 Å². The molecule has 2 N–H and O–H groups in total. The van der Waals surface area contributed by atoms with Crippen molar-refractivity contribution < 1.29 is 9.90 Å². The number of anilines is 1. The third-order valence-corrected chi connectivity index (χ3v) is 3.92. The molecule has 0 amide bonds. The molecule has 1 aromatic rings. The van der Waals surface area contributed by atoms with E-state index in [9.17, 15) is 4.79 Å². The monoisotopic (exact) mass is 278 g/mol. The van der Waals surface area contributed by atoms with Gasteiger partial charge in [-0.15, -0.1) is 0 Å². The lowest BCUT2D eigenvalue weighted by molar-refractivity contribution is 0.0696. The highest BCUT2D eigenvalue weighted by Gasteiger charge is 2.22. The van der Waals surface area contributed by atoms with Crippen LogP contribution < -0.4 is 5.32 Å². The van der Waals surface area contributed by atoms with Gasteiger partial charge in [0.25, 0.3) is 0 Å². The van der Waals surface area contributed by atoms with E-state index in [1.165, 1.54) is 0 Å². The van der Waals surface area contributed by atoms with Crippen molar-refractivity contribution >= 4 is 11.8 Å². The molecular formula is C16H26N2O2. The lowest BCUT2D eigenvalue weighted by Crippen LogP contribution is -2.29. The Labute approximate surface area is 121 Å². The number of rotatable bonds is 7. The SMILES string of the molecule is CCCc1cc(C(=O)O)cc(NCC(C)(C)C(C)C)n1. The minimum absolute atomic E-state index is 0.131. The van der Waals surface area contributed by atoms with E-state index in [-0.39, 0.29) is 5.41 Å². The molecule has 0 aliphatic heterocycles. The zero-order valence-electron chi connectivity index (χ0n) is 13.2. The van der Waals surface area contributed by atoms with Gasteiger partial charge < -0.3 is 10.4 Å². The largest absolute Gasteiger partial charge is 0.478 e. The van der Waals surface area contributed by atoms with Gasteiger partial charge in [0.05, 0.1) is 5.56 Å². The number of aromatic carboxylic acids is 1. The summed E-state index contributed by atoms with van der Waals surface area (Å²) in [5.74, 6) is 0.283. The molecule has 4 nitrogen and oxygen atoms in total. The molecule has 0 aliphatic carbocycles. The van der Waals surface area contributed by atoms with Crippen LogP contribution in [-0.2, 0) is 6.42 Å². The van der Waals surface area contributed by atoms with E-state index in [4.69, 9.17) is 5.11 Å². The highest BCUT2D eigenvalue weighted by atomic mass is 16.4. The first-order chi connectivity index (χ1) is 9.26. The molecule has 1 heterocycles. The Morgan fingerprint density at radius 3 is 2.55 bits per heavy atom. The van der Waals surface area contributed by atoms with E-state index < -0.39 is 5.97 Å². The summed E-state index contributed by atoms with van der Waals surface area (Å²) >= 11 is 0. The molecule has 4 heteroatoms. The summed E-state index contributed by atoms with van der Waals surface area (Å²) in [6, 6.07) is 3.27. The second kappa shape index (κ2) is 6.73. The average Bonchev–Trinajstić information content (AvgIpc) is 2.36. The van der Waals surface area contributed by atoms with E-state index in [0.29, 0.717) is 17.3 Å². The Hall–Kier alpha value is -1.58. The number of hydrogen-bond acceptors (Lipinski definition) is 3. The summed E-state index contributed by atoms with van der Waals surface area (Å²) in [6.07, 6.45) is 1.75. The molecule has 112 valence electrons. The molecule has 1 aromatic heterocycles. The molecule has 0 atom stereocenters. The molecule has 0 aromatic carbocycles. The van der Waals surface area contributed by atoms with Crippen LogP contribution in [0.4, 0.5) is 5.82 Å². The van der Waals surface area contributed by atoms with Crippen molar-refractivity contribution in [3.63, 3.8) is 0 Å². The van der Waals surface area contributed by atoms with Crippen LogP contribution in [0.3, 0.4) is 0 Å². The third-order valence-electron chi connectivity index (χ3n) is 3.92. The van der Waals surface area contributed by atoms with Gasteiger partial charge in [-0.05, 0) is 29.9 Å². The minimum Gasteiger partial charge on any atom is -0.478 e. The second-order valence-electron chi connectivity index (χ2n) is 6.28. The van der Waals surface area contributed by atoms with Crippen LogP contribution >= 0.6 is 0 Å². The van der Waals surface area contributed by atoms with Gasteiger partial charge in [-0.2, -0.15) is 0 Å². The van der Waals surface area contributed by atoms with E-state index in [1.807, 2.05) is 0 Å². The van der Waals surface area contributed by atoms with Gasteiger partial charge in [0.15, 0.2) is 0 Å². The number of carbonyl (C=O) groups is 1. The Bertz CT molecular complexity index is 468. The molecule has 0 aliphatic rings. The molecule has 0 spiro atoms. The first-order valence-electron chi connectivity index (χ1n) is 7.24. The minimum atomic E-state index is -0.907. The molecule has 0 saturated carbocycles. The Morgan fingerprint density at radius 2 is 2.05 bits per heavy atom. The maximum Gasteiger partial charge on any atom is 0.335 e. The first-order valence-corrected chi connectivity index (χ1v) is 7.24. The third kappa shape index (κ3) is 4.51. The van der Waals surface area contributed by atoms with Crippen LogP contribution in [0.15, 0.2) is 12.1 Å². The van der Waals surface area contributed by atoms with Crippen molar-refractivity contribution in [2.24, 2.45) is 11.3 Å². The summed E-state index contributed by atoms with van der Waals surface area (Å²) in [4.78, 5) is 15.7. The standard InChI is InChI=1S/C16H26N2O2/c1-6-7-13-8-12(15(19)20)9-14(18-13)17-10-16(4,5)11(2)3/h8-9,11H,6-7,10H2,1-5H3,(H,17,18)(H,19,20). The topological polar surface area (TPSA) is 62.2 Å². The zero-order valence-corrected chi connectivity index (χ0v) is 13.2. The lowest BCUT2D eigenvalue weighted by atomic mass is 9.81. The molecule has 20 heavy (non-hydrogen) atoms. The van der Waals surface area contributed by atoms with E-state index in [0.717, 1.165) is 25.1 Å². The van der Waals surface area contributed by atoms with Crippen LogP contribution in [0.2, 0.25) is 0 Å². The fourth-order valence-electron chi connectivity index (χ4n) is 1.71. The van der Waals surface area contributed by atoms with Gasteiger partial charge in [0.2, 0.25) is 0 Å². The van der Waals surface area contributed by atoms with Crippen molar-refractivity contribution in [3.05, 3.63) is 23.4 Å². The van der Waals surface area contributed by atoms with Gasteiger partial charge in [-0.25, -0.2) is 9.78 Å². The van der Waals surface area contributed by atoms with Crippen LogP contribution in [0.5, 0.6) is 0 Å². The van der Waals surface area contributed by atoms with E-state index in [1.54, 1.807) is 12.1 Å². The summed E-state index contributed by atoms with van der Waals surface area (Å²) in [5.41, 5.74) is 1.26. The van der Waals surface area contributed by atoms with Crippen molar-refractivity contribution in [2.45, 2.75) is 47.5 Å². The van der Waals surface area contributed by atoms with Crippen LogP contribution in [0.1, 0.15) is 57.1 Å². The van der Waals surface area contributed by atoms with E-state index >= 15 is 0 Å². The molecule has 0 saturated heterocycles. The van der Waals surface area contributed by atoms with Gasteiger partial charge in [-0.1, -0.05) is 41.0 Å². The molecule has 0 unspecified atom stereocenters. The Morgan fingerprint density at radius 1 is 1.40 bits per heavy atom. The van der Waals surface area contributed by atoms with Crippen molar-refractivity contribution in [2.75, 3.05) is 11.9 Å². The summed E-state index contributed by atoms with van der Waals surface area (Å²) < 4.78 is 0. The van der Waals surface area contributed by atoms with Crippen LogP contribution in [0, 0.1) is 11.3 Å². The summed E-state index contributed by atoms with van der Waals surface area (Å²) in [5, 5.41) is 12.4. The second-order valence-corrected chi connectivity index (χ2v) is 6.28. The van der Waals surface area contributed by atoms with Crippen LogP contribution in [-0.4, -0.2) is 22.6 Å². The number of pyridine rings is 1. The summed E-state index contributed by atoms with van der Waals surface area (Å²) in [6.45, 7) is 11.6. The van der Waals surface area contributed by atoms with Gasteiger partial charge >= 0.3 is 5.97 Å². The van der Waals surface area contributed by atoms with Gasteiger partial charge in [0, 0.05) is 12.2 Å². The normalized spacial score (nSPS) is 11.7. The fourth-order valence-corrected chi connectivity index (χ4v) is 1.71. The predicted molar refractivity (Wildman–Crippen MR) is 82.3 cm³/mol. The number of carboxylic acid groups (broad SMARTS) is 1. The molecule has 1 rings (SSSR count). The number of aromatic nitrogens is 1. The van der Waals surface area contributed by atoms with Crippen LogP contribution in [0.25, 0.3) is 0 Å². The predicted octanol–water partition coefficient (Wildman–Crippen LogP) is 3.83. The fraction of sp³-hybridized carbons (Fsp3) is 0.625. The molecule has 0 fully saturated rings. The Balaban J connectivity index is 2.91. The summed E-state index contributed by atoms with van der Waals surface area (Å²) in [7, 11) is 0. The van der Waals surface area contributed by atoms with Gasteiger partial charge in [0.1, 0.15) is 5.82 Å². The van der Waals surface area contributed by atoms with E-state index in [2.05, 4.69) is 44.9 Å². The Kier molecular flexibility index (Phi) is 5.54. The highest BCUT2D eigenvalue weighted by Crippen LogP contribution is 2.26. The first kappa shape index (κ1) is 16.5. The zero-order chi connectivity index (χ0) is 15.3. The van der Waals surface area contributed by atoms with Crippen molar-refractivity contribution in [3.8, 4) is 0 Å². The maximum absolute atomic E-state index is 11.2. The number of aryl methyl sites for hydroxylation is 1. The van der Waals surface area contributed by atoms with Crippen molar-refractivity contribution in [1.82, 2.24) is 4.98 Å². The molecule has 0 bridgehead atoms. The quantitative estimate of drug-likeness (QED) is 0.795. The number of nitrogens with one attached hydrogen (secondary N) is 1. The molecular weight excluding hydrogens is 252 g/mol. The number of hydrogen-bond donors (Lipinski definition) is 2. The number of nitrogens with zero attached hydrogens (tertiary/aromatic N) is 1. The molecule has 0 radical (unpaired) electrons. The average molecular weight is 278 g/mol. The lowest BCUT2D eigenvalue weighted by Gasteiger charge is -2.29. The van der Waals surface area contributed by atoms with Crippen molar-refractivity contribution in [1.29, 1.82) is 0 Å².